The molecule has 0 bridgehead atoms. The van der Waals surface area contributed by atoms with E-state index in [4.69, 9.17) is 5.73 Å². The van der Waals surface area contributed by atoms with Gasteiger partial charge in [0, 0.05) is 22.8 Å². The predicted molar refractivity (Wildman–Crippen MR) is 66.8 cm³/mol. The molecule has 0 aliphatic rings. The van der Waals surface area contributed by atoms with Gasteiger partial charge in [-0.3, -0.25) is 4.98 Å². The van der Waals surface area contributed by atoms with Crippen molar-refractivity contribution in [1.29, 1.82) is 0 Å². The maximum absolute atomic E-state index is 12.2. The average molecular weight is 270 g/mol. The third-order valence-corrected chi connectivity index (χ3v) is 2.61. The second-order valence-corrected chi connectivity index (χ2v) is 4.18. The van der Waals surface area contributed by atoms with Crippen LogP contribution in [0.25, 0.3) is 10.9 Å². The van der Waals surface area contributed by atoms with Gasteiger partial charge in [-0.25, -0.2) is 0 Å². The third-order valence-electron chi connectivity index (χ3n) is 2.61. The van der Waals surface area contributed by atoms with Crippen LogP contribution in [-0.2, 0) is 6.42 Å². The van der Waals surface area contributed by atoms with E-state index in [-0.39, 0.29) is 5.75 Å². The summed E-state index contributed by atoms with van der Waals surface area (Å²) in [6.45, 7) is 1.99. The molecule has 0 atom stereocenters. The van der Waals surface area contributed by atoms with Crippen molar-refractivity contribution in [2.24, 2.45) is 0 Å². The summed E-state index contributed by atoms with van der Waals surface area (Å²) in [4.78, 5) is 4.29. The maximum Gasteiger partial charge on any atom is 0.573 e. The molecule has 0 unspecified atom stereocenters. The topological polar surface area (TPSA) is 48.1 Å². The van der Waals surface area contributed by atoms with Crippen molar-refractivity contribution in [2.45, 2.75) is 26.1 Å². The largest absolute Gasteiger partial charge is 0.573 e. The molecule has 102 valence electrons. The fourth-order valence-electron chi connectivity index (χ4n) is 1.87. The molecule has 2 rings (SSSR count). The average Bonchev–Trinajstić information content (AvgIpc) is 2.26. The van der Waals surface area contributed by atoms with Gasteiger partial charge in [-0.05, 0) is 24.6 Å². The van der Waals surface area contributed by atoms with E-state index in [1.807, 2.05) is 6.92 Å². The monoisotopic (exact) mass is 270 g/mol. The molecule has 0 spiro atoms. The van der Waals surface area contributed by atoms with Crippen LogP contribution in [0.15, 0.2) is 24.3 Å². The minimum absolute atomic E-state index is 0.291. The van der Waals surface area contributed by atoms with Gasteiger partial charge in [0.15, 0.2) is 0 Å². The van der Waals surface area contributed by atoms with Crippen LogP contribution in [0.5, 0.6) is 5.75 Å². The van der Waals surface area contributed by atoms with Crippen LogP contribution in [0.4, 0.5) is 18.9 Å². The Morgan fingerprint density at radius 3 is 2.63 bits per heavy atom. The smallest absolute Gasteiger partial charge is 0.406 e. The van der Waals surface area contributed by atoms with Gasteiger partial charge in [-0.2, -0.15) is 0 Å². The van der Waals surface area contributed by atoms with E-state index in [0.717, 1.165) is 18.5 Å². The molecule has 0 fully saturated rings. The number of aryl methyl sites for hydroxylation is 1. The van der Waals surface area contributed by atoms with Crippen LogP contribution < -0.4 is 10.5 Å². The first-order valence-electron chi connectivity index (χ1n) is 5.84. The van der Waals surface area contributed by atoms with Crippen LogP contribution in [0.1, 0.15) is 19.0 Å². The molecule has 19 heavy (non-hydrogen) atoms. The summed E-state index contributed by atoms with van der Waals surface area (Å²) in [6.07, 6.45) is -3.10. The normalized spacial score (nSPS) is 11.8. The fourth-order valence-corrected chi connectivity index (χ4v) is 1.87. The van der Waals surface area contributed by atoms with Crippen molar-refractivity contribution in [3.63, 3.8) is 0 Å². The Morgan fingerprint density at radius 1 is 1.26 bits per heavy atom. The van der Waals surface area contributed by atoms with Crippen LogP contribution in [0.2, 0.25) is 0 Å². The number of fused-ring (bicyclic) bond motifs is 1. The Bertz CT molecular complexity index is 596. The lowest BCUT2D eigenvalue weighted by atomic mass is 10.1. The highest BCUT2D eigenvalue weighted by Crippen LogP contribution is 2.28. The number of hydrogen-bond donors (Lipinski definition) is 1. The summed E-state index contributed by atoms with van der Waals surface area (Å²) in [5.41, 5.74) is 7.54. The standard InChI is InChI=1S/C13H13F3N2O/c1-2-3-8-6-11(17)10-5-4-9(7-12(10)18-8)19-13(14,15)16/h4-7H,2-3H2,1H3,(H2,17,18). The van der Waals surface area contributed by atoms with E-state index in [2.05, 4.69) is 9.72 Å². The number of ether oxygens (including phenoxy) is 1. The SMILES string of the molecule is CCCc1cc(N)c2ccc(OC(F)(F)F)cc2n1. The number of alkyl halides is 3. The molecule has 0 radical (unpaired) electrons. The van der Waals surface area contributed by atoms with Crippen molar-refractivity contribution in [3.8, 4) is 5.75 Å². The summed E-state index contributed by atoms with van der Waals surface area (Å²) in [7, 11) is 0. The first kappa shape index (κ1) is 13.5. The molecule has 6 heteroatoms. The second-order valence-electron chi connectivity index (χ2n) is 4.18. The molecule has 1 aromatic heterocycles. The van der Waals surface area contributed by atoms with Crippen molar-refractivity contribution < 1.29 is 17.9 Å². The third kappa shape index (κ3) is 3.27. The number of pyridine rings is 1. The van der Waals surface area contributed by atoms with Gasteiger partial charge in [0.2, 0.25) is 0 Å². The van der Waals surface area contributed by atoms with E-state index in [0.29, 0.717) is 16.6 Å². The molecular weight excluding hydrogens is 257 g/mol. The Kier molecular flexibility index (Phi) is 3.50. The van der Waals surface area contributed by atoms with Gasteiger partial charge >= 0.3 is 6.36 Å². The number of nitrogens with zero attached hydrogens (tertiary/aromatic N) is 1. The van der Waals surface area contributed by atoms with Crippen LogP contribution >= 0.6 is 0 Å². The summed E-state index contributed by atoms with van der Waals surface area (Å²) in [6, 6.07) is 5.70. The van der Waals surface area contributed by atoms with Crippen LogP contribution in [0.3, 0.4) is 0 Å². The lowest BCUT2D eigenvalue weighted by Crippen LogP contribution is -2.17. The van der Waals surface area contributed by atoms with Crippen molar-refractivity contribution >= 4 is 16.6 Å². The fraction of sp³-hybridized carbons (Fsp3) is 0.308. The molecule has 0 aliphatic carbocycles. The highest BCUT2D eigenvalue weighted by Gasteiger charge is 2.31. The first-order valence-corrected chi connectivity index (χ1v) is 5.84. The van der Waals surface area contributed by atoms with Gasteiger partial charge in [0.05, 0.1) is 5.52 Å². The number of anilines is 1. The summed E-state index contributed by atoms with van der Waals surface area (Å²) in [5, 5.41) is 0.620. The van der Waals surface area contributed by atoms with Gasteiger partial charge in [-0.15, -0.1) is 13.2 Å². The van der Waals surface area contributed by atoms with Crippen molar-refractivity contribution in [3.05, 3.63) is 30.0 Å². The summed E-state index contributed by atoms with van der Waals surface area (Å²) >= 11 is 0. The highest BCUT2D eigenvalue weighted by molar-refractivity contribution is 5.91. The Hall–Kier alpha value is -1.98. The van der Waals surface area contributed by atoms with Gasteiger partial charge in [0.1, 0.15) is 5.75 Å². The lowest BCUT2D eigenvalue weighted by molar-refractivity contribution is -0.274. The van der Waals surface area contributed by atoms with Gasteiger partial charge in [-0.1, -0.05) is 13.3 Å². The Balaban J connectivity index is 2.45. The second kappa shape index (κ2) is 4.95. The summed E-state index contributed by atoms with van der Waals surface area (Å²) in [5.74, 6) is -0.291. The zero-order chi connectivity index (χ0) is 14.0. The molecule has 0 amide bonds. The lowest BCUT2D eigenvalue weighted by Gasteiger charge is -2.10. The first-order chi connectivity index (χ1) is 8.89. The number of nitrogens with two attached hydrogens (primary N) is 1. The van der Waals surface area contributed by atoms with E-state index in [9.17, 15) is 13.2 Å². The van der Waals surface area contributed by atoms with Crippen molar-refractivity contribution in [2.75, 3.05) is 5.73 Å². The quantitative estimate of drug-likeness (QED) is 0.925. The van der Waals surface area contributed by atoms with Crippen LogP contribution in [-0.4, -0.2) is 11.3 Å². The number of benzene rings is 1. The van der Waals surface area contributed by atoms with E-state index in [1.165, 1.54) is 18.2 Å². The predicted octanol–water partition coefficient (Wildman–Crippen LogP) is 3.67. The van der Waals surface area contributed by atoms with Crippen molar-refractivity contribution in [1.82, 2.24) is 4.98 Å². The number of hydrogen-bond acceptors (Lipinski definition) is 3. The molecule has 0 saturated heterocycles. The number of aromatic nitrogens is 1. The number of halogens is 3. The Labute approximate surface area is 108 Å². The molecule has 1 heterocycles. The molecule has 2 aromatic rings. The Morgan fingerprint density at radius 2 is 2.00 bits per heavy atom. The minimum Gasteiger partial charge on any atom is -0.406 e. The molecule has 0 aliphatic heterocycles. The van der Waals surface area contributed by atoms with Crippen LogP contribution in [0, 0.1) is 0 Å². The van der Waals surface area contributed by atoms with Gasteiger partial charge < -0.3 is 10.5 Å². The van der Waals surface area contributed by atoms with E-state index in [1.54, 1.807) is 6.07 Å². The zero-order valence-corrected chi connectivity index (χ0v) is 10.3. The van der Waals surface area contributed by atoms with Gasteiger partial charge in [0.25, 0.3) is 0 Å². The summed E-state index contributed by atoms with van der Waals surface area (Å²) < 4.78 is 40.3. The molecule has 0 saturated carbocycles. The maximum atomic E-state index is 12.2. The zero-order valence-electron chi connectivity index (χ0n) is 10.3. The minimum atomic E-state index is -4.71. The van der Waals surface area contributed by atoms with E-state index < -0.39 is 6.36 Å². The highest BCUT2D eigenvalue weighted by atomic mass is 19.4. The van der Waals surface area contributed by atoms with E-state index >= 15 is 0 Å². The number of rotatable bonds is 3. The molecule has 2 N–H and O–H groups in total. The number of nitrogen functional groups attached to an aromatic ring is 1. The molecule has 3 nitrogen and oxygen atoms in total. The molecular formula is C13H13F3N2O. The molecule has 1 aromatic carbocycles.